The number of benzene rings is 1. The van der Waals surface area contributed by atoms with E-state index in [1.807, 2.05) is 46.1 Å². The number of hydrogen-bond donors (Lipinski definition) is 1. The Kier molecular flexibility index (Phi) is 5.81. The average Bonchev–Trinajstić information content (AvgIpc) is 2.06. The van der Waals surface area contributed by atoms with Crippen molar-refractivity contribution in [2.24, 2.45) is 0 Å². The molecule has 0 unspecified atom stereocenters. The van der Waals surface area contributed by atoms with Gasteiger partial charge in [0.25, 0.3) is 0 Å². The Morgan fingerprint density at radius 2 is 1.77 bits per heavy atom. The molecule has 0 radical (unpaired) electrons. The molecule has 1 N–H and O–H groups in total. The maximum Gasteiger partial charge on any atom is 0.150 e. The predicted molar refractivity (Wildman–Crippen MR) is 56.3 cm³/mol. The minimum absolute atomic E-state index is 0.783. The van der Waals surface area contributed by atoms with E-state index in [9.17, 15) is 4.79 Å². The van der Waals surface area contributed by atoms with Crippen molar-refractivity contribution in [2.45, 2.75) is 13.8 Å². The number of aryl methyl sites for hydroxylation is 2. The van der Waals surface area contributed by atoms with Crippen LogP contribution in [0.1, 0.15) is 21.5 Å². The molecular weight excluding hydrogens is 162 g/mol. The summed E-state index contributed by atoms with van der Waals surface area (Å²) >= 11 is 0. The predicted octanol–water partition coefficient (Wildman–Crippen LogP) is 1.95. The van der Waals surface area contributed by atoms with Crippen LogP contribution in [-0.2, 0) is 0 Å². The van der Waals surface area contributed by atoms with E-state index in [1.54, 1.807) is 0 Å². The molecule has 0 saturated heterocycles. The Morgan fingerprint density at radius 3 is 2.15 bits per heavy atom. The fourth-order valence-electron chi connectivity index (χ4n) is 0.958. The summed E-state index contributed by atoms with van der Waals surface area (Å²) in [5.41, 5.74) is 3.03. The van der Waals surface area contributed by atoms with Crippen LogP contribution in [0.25, 0.3) is 0 Å². The van der Waals surface area contributed by atoms with Gasteiger partial charge in [-0.05, 0) is 33.5 Å². The van der Waals surface area contributed by atoms with Gasteiger partial charge in [0.1, 0.15) is 6.29 Å². The first-order chi connectivity index (χ1) is 6.15. The number of carbonyl (C=O) groups excluding carboxylic acids is 1. The second-order valence-electron chi connectivity index (χ2n) is 2.98. The van der Waals surface area contributed by atoms with Crippen LogP contribution in [-0.4, -0.2) is 20.4 Å². The summed E-state index contributed by atoms with van der Waals surface area (Å²) in [7, 11) is 3.75. The molecule has 0 amide bonds. The summed E-state index contributed by atoms with van der Waals surface area (Å²) in [5, 5.41) is 2.75. The van der Waals surface area contributed by atoms with Crippen molar-refractivity contribution < 1.29 is 4.79 Å². The van der Waals surface area contributed by atoms with Crippen LogP contribution < -0.4 is 5.32 Å². The van der Waals surface area contributed by atoms with Crippen LogP contribution in [0.4, 0.5) is 0 Å². The summed E-state index contributed by atoms with van der Waals surface area (Å²) in [6.07, 6.45) is 0.884. The highest BCUT2D eigenvalue weighted by atomic mass is 16.1. The molecule has 1 aromatic rings. The van der Waals surface area contributed by atoms with Gasteiger partial charge in [0.05, 0.1) is 0 Å². The van der Waals surface area contributed by atoms with Gasteiger partial charge >= 0.3 is 0 Å². The Balaban J connectivity index is 0.000000424. The number of carbonyl (C=O) groups is 1. The van der Waals surface area contributed by atoms with Crippen LogP contribution in [0.3, 0.4) is 0 Å². The molecular formula is C11H17NO. The molecule has 1 rings (SSSR count). The lowest BCUT2D eigenvalue weighted by Gasteiger charge is -1.97. The third-order valence-corrected chi connectivity index (χ3v) is 1.55. The lowest BCUT2D eigenvalue weighted by Crippen LogP contribution is -1.89. The van der Waals surface area contributed by atoms with Gasteiger partial charge in [-0.1, -0.05) is 23.8 Å². The largest absolute Gasteiger partial charge is 0.323 e. The second kappa shape index (κ2) is 6.38. The van der Waals surface area contributed by atoms with E-state index in [1.165, 1.54) is 5.56 Å². The molecule has 13 heavy (non-hydrogen) atoms. The topological polar surface area (TPSA) is 29.1 Å². The molecule has 0 aromatic heterocycles. The highest BCUT2D eigenvalue weighted by Crippen LogP contribution is 2.07. The van der Waals surface area contributed by atoms with E-state index in [2.05, 4.69) is 5.32 Å². The molecule has 0 atom stereocenters. The van der Waals surface area contributed by atoms with Crippen LogP contribution >= 0.6 is 0 Å². The number of rotatable bonds is 1. The maximum absolute atomic E-state index is 10.3. The van der Waals surface area contributed by atoms with Crippen molar-refractivity contribution in [3.05, 3.63) is 34.9 Å². The molecule has 0 aliphatic rings. The Hall–Kier alpha value is -1.15. The summed E-state index contributed by atoms with van der Waals surface area (Å²) in [6.45, 7) is 3.96. The molecule has 0 saturated carbocycles. The van der Waals surface area contributed by atoms with Gasteiger partial charge in [0.15, 0.2) is 0 Å². The quantitative estimate of drug-likeness (QED) is 0.668. The summed E-state index contributed by atoms with van der Waals surface area (Å²) in [4.78, 5) is 10.3. The van der Waals surface area contributed by atoms with Crippen molar-refractivity contribution in [3.8, 4) is 0 Å². The summed E-state index contributed by atoms with van der Waals surface area (Å²) < 4.78 is 0. The first-order valence-electron chi connectivity index (χ1n) is 4.26. The zero-order valence-electron chi connectivity index (χ0n) is 8.72. The molecule has 2 nitrogen and oxygen atoms in total. The molecule has 0 spiro atoms. The third-order valence-electron chi connectivity index (χ3n) is 1.55. The first kappa shape index (κ1) is 11.8. The van der Waals surface area contributed by atoms with Gasteiger partial charge in [-0.15, -0.1) is 0 Å². The average molecular weight is 179 g/mol. The van der Waals surface area contributed by atoms with Crippen molar-refractivity contribution >= 4 is 6.29 Å². The minimum atomic E-state index is 0.783. The molecule has 72 valence electrons. The molecule has 0 aliphatic carbocycles. The molecule has 2 heteroatoms. The van der Waals surface area contributed by atoms with Crippen molar-refractivity contribution in [2.75, 3.05) is 14.1 Å². The second-order valence-corrected chi connectivity index (χ2v) is 2.98. The Labute approximate surface area is 80.0 Å². The van der Waals surface area contributed by atoms with E-state index in [0.29, 0.717) is 0 Å². The number of aldehydes is 1. The molecule has 1 aromatic carbocycles. The first-order valence-corrected chi connectivity index (χ1v) is 4.26. The summed E-state index contributed by atoms with van der Waals surface area (Å²) in [6, 6.07) is 5.79. The fraction of sp³-hybridized carbons (Fsp3) is 0.364. The summed E-state index contributed by atoms with van der Waals surface area (Å²) in [5.74, 6) is 0. The van der Waals surface area contributed by atoms with E-state index >= 15 is 0 Å². The van der Waals surface area contributed by atoms with E-state index in [0.717, 1.165) is 17.4 Å². The van der Waals surface area contributed by atoms with Gasteiger partial charge in [-0.25, -0.2) is 0 Å². The third kappa shape index (κ3) is 4.43. The van der Waals surface area contributed by atoms with Gasteiger partial charge in [0, 0.05) is 5.56 Å². The van der Waals surface area contributed by atoms with Crippen LogP contribution in [0.5, 0.6) is 0 Å². The molecule has 0 fully saturated rings. The highest BCUT2D eigenvalue weighted by Gasteiger charge is 1.93. The van der Waals surface area contributed by atoms with Gasteiger partial charge in [-0.2, -0.15) is 0 Å². The van der Waals surface area contributed by atoms with Crippen LogP contribution in [0.2, 0.25) is 0 Å². The van der Waals surface area contributed by atoms with Gasteiger partial charge < -0.3 is 5.32 Å². The molecule has 0 heterocycles. The van der Waals surface area contributed by atoms with E-state index in [-0.39, 0.29) is 0 Å². The lowest BCUT2D eigenvalue weighted by atomic mass is 10.1. The normalized spacial score (nSPS) is 8.62. The SMILES string of the molecule is CNC.Cc1ccc(C=O)c(C)c1. The number of nitrogens with one attached hydrogen (secondary N) is 1. The van der Waals surface area contributed by atoms with Gasteiger partial charge in [0.2, 0.25) is 0 Å². The molecule has 0 aliphatic heterocycles. The molecule has 0 bridgehead atoms. The van der Waals surface area contributed by atoms with Crippen LogP contribution in [0.15, 0.2) is 18.2 Å². The van der Waals surface area contributed by atoms with Crippen molar-refractivity contribution in [1.82, 2.24) is 5.32 Å². The monoisotopic (exact) mass is 179 g/mol. The van der Waals surface area contributed by atoms with Crippen LogP contribution in [0, 0.1) is 13.8 Å². The van der Waals surface area contributed by atoms with Gasteiger partial charge in [-0.3, -0.25) is 4.79 Å². The fourth-order valence-corrected chi connectivity index (χ4v) is 0.958. The maximum atomic E-state index is 10.3. The van der Waals surface area contributed by atoms with Crippen molar-refractivity contribution in [3.63, 3.8) is 0 Å². The Morgan fingerprint density at radius 1 is 1.23 bits per heavy atom. The minimum Gasteiger partial charge on any atom is -0.323 e. The number of hydrogen-bond acceptors (Lipinski definition) is 2. The zero-order valence-corrected chi connectivity index (χ0v) is 8.72. The standard InChI is InChI=1S/C9H10O.C2H7N/c1-7-3-4-9(6-10)8(2)5-7;1-3-2/h3-6H,1-2H3;3H,1-2H3. The zero-order chi connectivity index (χ0) is 10.3. The van der Waals surface area contributed by atoms with E-state index in [4.69, 9.17) is 0 Å². The van der Waals surface area contributed by atoms with Crippen molar-refractivity contribution in [1.29, 1.82) is 0 Å². The highest BCUT2D eigenvalue weighted by molar-refractivity contribution is 5.77. The van der Waals surface area contributed by atoms with E-state index < -0.39 is 0 Å². The Bertz CT molecular complexity index is 269. The smallest absolute Gasteiger partial charge is 0.150 e. The lowest BCUT2D eigenvalue weighted by molar-refractivity contribution is 0.112.